The van der Waals surface area contributed by atoms with Crippen molar-refractivity contribution < 1.29 is 59.8 Å². The summed E-state index contributed by atoms with van der Waals surface area (Å²) in [6, 6.07) is -1.67. The third-order valence-electron chi connectivity index (χ3n) is 5.39. The summed E-state index contributed by atoms with van der Waals surface area (Å²) in [5.41, 5.74) is -6.41. The summed E-state index contributed by atoms with van der Waals surface area (Å²) in [5, 5.41) is 4.69. The highest BCUT2D eigenvalue weighted by atomic mass is 19.4. The molecule has 1 aromatic rings. The summed E-state index contributed by atoms with van der Waals surface area (Å²) in [6.45, 7) is 8.04. The molecule has 2 atom stereocenters. The minimum absolute atomic E-state index is 0.0616. The van der Waals surface area contributed by atoms with E-state index in [2.05, 4.69) is 15.4 Å². The standard InChI is InChI=1S/C27H34F6N2O7/c1-14(2)12-19(35-23(39)18(34-15(3)36)10-11-21(38)42-25(4,5)6)20(37)13-41-24(40)22-16(26(28,29)30)8-7-9-17(22)27(31,32)33/h7-9,14,18-19H,10-13H2,1-6H3,(H,34,36)(H,35,39)/t18?,19-/m0/s1. The number of esters is 2. The Kier molecular flexibility index (Phi) is 12.6. The van der Waals surface area contributed by atoms with Crippen LogP contribution in [0.2, 0.25) is 0 Å². The molecule has 15 heteroatoms. The number of carbonyl (C=O) groups is 5. The molecule has 2 N–H and O–H groups in total. The van der Waals surface area contributed by atoms with Crippen LogP contribution in [-0.2, 0) is 41.0 Å². The summed E-state index contributed by atoms with van der Waals surface area (Å²) < 4.78 is 90.2. The summed E-state index contributed by atoms with van der Waals surface area (Å²) >= 11 is 0. The second-order valence-electron chi connectivity index (χ2n) is 10.8. The molecule has 0 spiro atoms. The van der Waals surface area contributed by atoms with Crippen LogP contribution in [0.4, 0.5) is 26.3 Å². The molecule has 0 radical (unpaired) electrons. The fourth-order valence-electron chi connectivity index (χ4n) is 3.74. The average Bonchev–Trinajstić information content (AvgIpc) is 2.81. The van der Waals surface area contributed by atoms with Gasteiger partial charge >= 0.3 is 24.3 Å². The van der Waals surface area contributed by atoms with Gasteiger partial charge in [0.2, 0.25) is 11.8 Å². The molecule has 0 aromatic heterocycles. The molecule has 0 saturated carbocycles. The molecule has 1 aromatic carbocycles. The topological polar surface area (TPSA) is 128 Å². The summed E-state index contributed by atoms with van der Waals surface area (Å²) in [4.78, 5) is 62.0. The van der Waals surface area contributed by atoms with Gasteiger partial charge in [0.15, 0.2) is 12.4 Å². The first-order valence-electron chi connectivity index (χ1n) is 12.8. The van der Waals surface area contributed by atoms with Gasteiger partial charge in [-0.15, -0.1) is 0 Å². The van der Waals surface area contributed by atoms with Gasteiger partial charge in [0.05, 0.1) is 22.7 Å². The van der Waals surface area contributed by atoms with Crippen molar-refractivity contribution >= 4 is 29.5 Å². The predicted molar refractivity (Wildman–Crippen MR) is 136 cm³/mol. The number of rotatable bonds is 12. The molecular weight excluding hydrogens is 578 g/mol. The number of alkyl halides is 6. The van der Waals surface area contributed by atoms with Gasteiger partial charge in [0.25, 0.3) is 0 Å². The summed E-state index contributed by atoms with van der Waals surface area (Å²) in [5.74, 6) is -5.53. The van der Waals surface area contributed by atoms with Gasteiger partial charge in [-0.1, -0.05) is 19.9 Å². The van der Waals surface area contributed by atoms with Gasteiger partial charge in [0.1, 0.15) is 11.6 Å². The Labute approximate surface area is 238 Å². The van der Waals surface area contributed by atoms with E-state index in [0.29, 0.717) is 6.07 Å². The number of nitrogens with one attached hydrogen (secondary N) is 2. The summed E-state index contributed by atoms with van der Waals surface area (Å²) in [7, 11) is 0. The van der Waals surface area contributed by atoms with Crippen LogP contribution in [0.5, 0.6) is 0 Å². The van der Waals surface area contributed by atoms with Gasteiger partial charge in [-0.2, -0.15) is 26.3 Å². The number of carbonyl (C=O) groups excluding carboxylic acids is 5. The van der Waals surface area contributed by atoms with Crippen LogP contribution >= 0.6 is 0 Å². The normalized spacial score (nSPS) is 13.6. The molecule has 0 aliphatic rings. The third-order valence-corrected chi connectivity index (χ3v) is 5.39. The molecule has 0 aliphatic carbocycles. The zero-order valence-corrected chi connectivity index (χ0v) is 23.9. The fraction of sp³-hybridized carbons (Fsp3) is 0.593. The molecule has 2 amide bonds. The van der Waals surface area contributed by atoms with Crippen molar-refractivity contribution in [2.24, 2.45) is 5.92 Å². The van der Waals surface area contributed by atoms with Crippen molar-refractivity contribution in [2.45, 2.75) is 90.8 Å². The van der Waals surface area contributed by atoms with Crippen molar-refractivity contribution in [3.05, 3.63) is 34.9 Å². The van der Waals surface area contributed by atoms with Crippen molar-refractivity contribution in [1.29, 1.82) is 0 Å². The van der Waals surface area contributed by atoms with E-state index in [1.807, 2.05) is 0 Å². The van der Waals surface area contributed by atoms with Gasteiger partial charge in [-0.3, -0.25) is 19.2 Å². The highest BCUT2D eigenvalue weighted by Gasteiger charge is 2.43. The molecule has 0 fully saturated rings. The molecule has 0 bridgehead atoms. The maximum Gasteiger partial charge on any atom is 0.417 e. The zero-order chi connectivity index (χ0) is 32.6. The number of hydrogen-bond acceptors (Lipinski definition) is 7. The lowest BCUT2D eigenvalue weighted by atomic mass is 9.99. The van der Waals surface area contributed by atoms with Crippen LogP contribution in [0, 0.1) is 5.92 Å². The molecule has 0 heterocycles. The van der Waals surface area contributed by atoms with Crippen molar-refractivity contribution in [1.82, 2.24) is 10.6 Å². The Balaban J connectivity index is 3.14. The first kappa shape index (κ1) is 36.4. The highest BCUT2D eigenvalue weighted by molar-refractivity contribution is 5.97. The number of amides is 2. The highest BCUT2D eigenvalue weighted by Crippen LogP contribution is 2.39. The van der Waals surface area contributed by atoms with Crippen LogP contribution < -0.4 is 10.6 Å². The van der Waals surface area contributed by atoms with Gasteiger partial charge in [-0.05, 0) is 51.7 Å². The minimum atomic E-state index is -5.34. The third kappa shape index (κ3) is 12.1. The lowest BCUT2D eigenvalue weighted by Gasteiger charge is -2.24. The van der Waals surface area contributed by atoms with Crippen LogP contribution in [0.25, 0.3) is 0 Å². The smallest absolute Gasteiger partial charge is 0.417 e. The number of ketones is 1. The fourth-order valence-corrected chi connectivity index (χ4v) is 3.74. The van der Waals surface area contributed by atoms with Gasteiger partial charge in [0, 0.05) is 13.3 Å². The second-order valence-corrected chi connectivity index (χ2v) is 10.8. The lowest BCUT2D eigenvalue weighted by molar-refractivity contribution is -0.155. The summed E-state index contributed by atoms with van der Waals surface area (Å²) in [6.07, 6.45) is -11.2. The van der Waals surface area contributed by atoms with Gasteiger partial charge < -0.3 is 20.1 Å². The Morgan fingerprint density at radius 3 is 1.81 bits per heavy atom. The number of hydrogen-bond donors (Lipinski definition) is 2. The molecule has 9 nitrogen and oxygen atoms in total. The number of Topliss-reactive ketones (excluding diaryl/α,β-unsaturated/α-hetero) is 1. The number of halogens is 6. The van der Waals surface area contributed by atoms with E-state index >= 15 is 0 Å². The number of ether oxygens (including phenoxy) is 2. The largest absolute Gasteiger partial charge is 0.460 e. The molecule has 0 aliphatic heterocycles. The molecule has 1 unspecified atom stereocenters. The predicted octanol–water partition coefficient (Wildman–Crippen LogP) is 4.61. The molecule has 236 valence electrons. The molecular formula is C27H34F6N2O7. The lowest BCUT2D eigenvalue weighted by Crippen LogP contribution is -2.52. The van der Waals surface area contributed by atoms with Crippen LogP contribution in [0.15, 0.2) is 18.2 Å². The molecule has 1 rings (SSSR count). The van der Waals surface area contributed by atoms with Crippen molar-refractivity contribution in [3.63, 3.8) is 0 Å². The monoisotopic (exact) mass is 612 g/mol. The van der Waals surface area contributed by atoms with E-state index in [0.717, 1.165) is 6.92 Å². The Bertz CT molecular complexity index is 1120. The van der Waals surface area contributed by atoms with Crippen LogP contribution in [-0.4, -0.2) is 53.8 Å². The zero-order valence-electron chi connectivity index (χ0n) is 23.9. The minimum Gasteiger partial charge on any atom is -0.460 e. The maximum absolute atomic E-state index is 13.4. The van der Waals surface area contributed by atoms with E-state index in [1.165, 1.54) is 0 Å². The van der Waals surface area contributed by atoms with E-state index in [9.17, 15) is 50.3 Å². The van der Waals surface area contributed by atoms with E-state index in [1.54, 1.807) is 34.6 Å². The van der Waals surface area contributed by atoms with Crippen LogP contribution in [0.1, 0.15) is 82.3 Å². The SMILES string of the molecule is CC(=O)NC(CCC(=O)OC(C)(C)C)C(=O)N[C@@H](CC(C)C)C(=O)COC(=O)c1c(C(F)(F)F)cccc1C(F)(F)F. The first-order chi connectivity index (χ1) is 19.0. The quantitative estimate of drug-likeness (QED) is 0.261. The average molecular weight is 613 g/mol. The van der Waals surface area contributed by atoms with E-state index < -0.39 is 82.9 Å². The molecule has 42 heavy (non-hydrogen) atoms. The first-order valence-corrected chi connectivity index (χ1v) is 12.8. The molecule has 0 saturated heterocycles. The van der Waals surface area contributed by atoms with Crippen LogP contribution in [0.3, 0.4) is 0 Å². The van der Waals surface area contributed by atoms with E-state index in [-0.39, 0.29) is 37.3 Å². The Hall–Kier alpha value is -3.65. The maximum atomic E-state index is 13.4. The Morgan fingerprint density at radius 1 is 0.857 bits per heavy atom. The van der Waals surface area contributed by atoms with Gasteiger partial charge in [-0.25, -0.2) is 4.79 Å². The van der Waals surface area contributed by atoms with Crippen molar-refractivity contribution in [2.75, 3.05) is 6.61 Å². The Morgan fingerprint density at radius 2 is 1.38 bits per heavy atom. The van der Waals surface area contributed by atoms with Crippen molar-refractivity contribution in [3.8, 4) is 0 Å². The second kappa shape index (κ2) is 14.5. The number of benzene rings is 1. The van der Waals surface area contributed by atoms with E-state index in [4.69, 9.17) is 4.74 Å².